The maximum atomic E-state index is 5.47. The fourth-order valence-corrected chi connectivity index (χ4v) is 11.3. The van der Waals surface area contributed by atoms with Crippen molar-refractivity contribution in [2.45, 2.75) is 0 Å². The van der Waals surface area contributed by atoms with Gasteiger partial charge in [0.05, 0.1) is 67.8 Å². The third-order valence-corrected chi connectivity index (χ3v) is 14.7. The average molecular weight is 958 g/mol. The second-order valence-corrected chi connectivity index (χ2v) is 19.1. The molecule has 15 rings (SSSR count). The monoisotopic (exact) mass is 957 g/mol. The Morgan fingerprint density at radius 1 is 0.240 bits per heavy atom. The van der Waals surface area contributed by atoms with E-state index in [2.05, 4.69) is 249 Å². The van der Waals surface area contributed by atoms with Gasteiger partial charge in [-0.05, 0) is 91.0 Å². The predicted octanol–water partition coefficient (Wildman–Crippen LogP) is 16.9. The topological polar surface area (TPSA) is 66.3 Å². The maximum Gasteiger partial charge on any atom is 0.160 e. The molecule has 15 aromatic rings. The molecule has 0 N–H and O–H groups in total. The molecule has 0 radical (unpaired) electrons. The second kappa shape index (κ2) is 17.2. The van der Waals surface area contributed by atoms with E-state index in [1.807, 2.05) is 30.6 Å². The highest BCUT2D eigenvalue weighted by atomic mass is 15.0. The van der Waals surface area contributed by atoms with Crippen molar-refractivity contribution in [3.63, 3.8) is 0 Å². The molecular formula is C68H43N7. The molecule has 0 aliphatic heterocycles. The van der Waals surface area contributed by atoms with E-state index >= 15 is 0 Å². The molecule has 0 saturated carbocycles. The van der Waals surface area contributed by atoms with Gasteiger partial charge in [0, 0.05) is 77.7 Å². The van der Waals surface area contributed by atoms with Crippen molar-refractivity contribution in [2.24, 2.45) is 0 Å². The zero-order valence-corrected chi connectivity index (χ0v) is 40.5. The lowest BCUT2D eigenvalue weighted by Gasteiger charge is -2.13. The summed E-state index contributed by atoms with van der Waals surface area (Å²) in [7, 11) is 0. The van der Waals surface area contributed by atoms with E-state index in [1.54, 1.807) is 0 Å². The van der Waals surface area contributed by atoms with Gasteiger partial charge in [-0.25, -0.2) is 15.0 Å². The number of nitrogens with zero attached hydrogens (tertiary/aromatic N) is 7. The fourth-order valence-electron chi connectivity index (χ4n) is 11.3. The van der Waals surface area contributed by atoms with Gasteiger partial charge in [-0.3, -0.25) is 4.98 Å². The first-order valence-corrected chi connectivity index (χ1v) is 25.3. The van der Waals surface area contributed by atoms with Gasteiger partial charge in [0.1, 0.15) is 0 Å². The molecule has 0 aliphatic rings. The van der Waals surface area contributed by atoms with E-state index in [4.69, 9.17) is 15.0 Å². The molecule has 350 valence electrons. The Hall–Kier alpha value is -10.2. The zero-order valence-electron chi connectivity index (χ0n) is 40.5. The zero-order chi connectivity index (χ0) is 49.4. The minimum Gasteiger partial charge on any atom is -0.309 e. The summed E-state index contributed by atoms with van der Waals surface area (Å²) in [6, 6.07) is 88.1. The van der Waals surface area contributed by atoms with E-state index in [9.17, 15) is 0 Å². The van der Waals surface area contributed by atoms with Crippen LogP contribution in [0.1, 0.15) is 0 Å². The SMILES string of the molecule is c1ccc(-c2cc(-n3c4ccccc4c4cc(-c5nc(-c6ccccc6)cc(-c6ccc7c8ccccc8n(-c8ccc9c(c8)c8ccncc8n9-c8ccccc8)c7c6)n5)ccc43)cc(-c3ccccc3)n2)cc1. The molecular weight excluding hydrogens is 915 g/mol. The first-order valence-electron chi connectivity index (χ1n) is 25.3. The number of hydrogen-bond acceptors (Lipinski definition) is 4. The molecule has 0 unspecified atom stereocenters. The fraction of sp³-hybridized carbons (Fsp3) is 0. The Morgan fingerprint density at radius 3 is 1.36 bits per heavy atom. The Balaban J connectivity index is 0.902. The number of hydrogen-bond donors (Lipinski definition) is 0. The van der Waals surface area contributed by atoms with Crippen LogP contribution in [0.3, 0.4) is 0 Å². The Kier molecular flexibility index (Phi) is 9.75. The molecule has 6 aromatic heterocycles. The van der Waals surface area contributed by atoms with E-state index in [0.717, 1.165) is 117 Å². The second-order valence-electron chi connectivity index (χ2n) is 19.1. The van der Waals surface area contributed by atoms with Gasteiger partial charge in [-0.2, -0.15) is 0 Å². The van der Waals surface area contributed by atoms with Crippen LogP contribution in [0.25, 0.3) is 139 Å². The van der Waals surface area contributed by atoms with E-state index in [0.29, 0.717) is 5.82 Å². The lowest BCUT2D eigenvalue weighted by atomic mass is 10.0. The van der Waals surface area contributed by atoms with Gasteiger partial charge in [0.15, 0.2) is 5.82 Å². The number of benzene rings is 9. The number of aromatic nitrogens is 7. The normalized spacial score (nSPS) is 11.7. The average Bonchev–Trinajstić information content (AvgIpc) is 4.13. The summed E-state index contributed by atoms with van der Waals surface area (Å²) in [4.78, 5) is 20.6. The van der Waals surface area contributed by atoms with E-state index < -0.39 is 0 Å². The third-order valence-electron chi connectivity index (χ3n) is 14.7. The summed E-state index contributed by atoms with van der Waals surface area (Å²) >= 11 is 0. The molecule has 9 aromatic carbocycles. The number of fused-ring (bicyclic) bond motifs is 9. The van der Waals surface area contributed by atoms with Crippen LogP contribution >= 0.6 is 0 Å². The third kappa shape index (κ3) is 7.05. The predicted molar refractivity (Wildman–Crippen MR) is 308 cm³/mol. The Bertz CT molecular complexity index is 4630. The Labute approximate surface area is 431 Å². The molecule has 0 atom stereocenters. The molecule has 0 bridgehead atoms. The lowest BCUT2D eigenvalue weighted by Crippen LogP contribution is -1.99. The highest BCUT2D eigenvalue weighted by Gasteiger charge is 2.21. The summed E-state index contributed by atoms with van der Waals surface area (Å²) in [6.45, 7) is 0. The van der Waals surface area contributed by atoms with Crippen LogP contribution in [-0.4, -0.2) is 33.6 Å². The number of pyridine rings is 2. The van der Waals surface area contributed by atoms with Gasteiger partial charge < -0.3 is 13.7 Å². The molecule has 7 nitrogen and oxygen atoms in total. The summed E-state index contributed by atoms with van der Waals surface area (Å²) in [5.41, 5.74) is 18.5. The molecule has 0 aliphatic carbocycles. The Morgan fingerprint density at radius 2 is 0.707 bits per heavy atom. The van der Waals surface area contributed by atoms with Crippen LogP contribution in [0.2, 0.25) is 0 Å². The molecule has 75 heavy (non-hydrogen) atoms. The van der Waals surface area contributed by atoms with Crippen molar-refractivity contribution in [1.82, 2.24) is 33.6 Å². The summed E-state index contributed by atoms with van der Waals surface area (Å²) < 4.78 is 7.08. The molecule has 0 amide bonds. The lowest BCUT2D eigenvalue weighted by molar-refractivity contribution is 1.15. The standard InChI is InChI=1S/C68H43N7/c1-5-17-44(18-6-1)58-40-51(41-59(70-58)45-19-7-2-8-20-45)75-63-28-16-14-26-53(63)56-37-48(30-33-64(56)75)68-71-60(46-21-9-3-10-22-46)42-61(72-68)47-29-32-54-52-25-13-15-27-62(52)74(66(54)38-47)50-31-34-65-57(39-50)55-35-36-69-43-67(55)73(65)49-23-11-4-12-24-49/h1-43H. The minimum absolute atomic E-state index is 0.655. The number of rotatable bonds is 8. The molecule has 7 heteroatoms. The van der Waals surface area contributed by atoms with Crippen molar-refractivity contribution >= 4 is 65.4 Å². The van der Waals surface area contributed by atoms with Crippen LogP contribution in [0.4, 0.5) is 0 Å². The first kappa shape index (κ1) is 42.4. The number of para-hydroxylation sites is 3. The maximum absolute atomic E-state index is 5.47. The largest absolute Gasteiger partial charge is 0.309 e. The molecule has 6 heterocycles. The van der Waals surface area contributed by atoms with Gasteiger partial charge in [-0.15, -0.1) is 0 Å². The molecule has 0 saturated heterocycles. The van der Waals surface area contributed by atoms with Crippen molar-refractivity contribution in [3.8, 4) is 73.5 Å². The van der Waals surface area contributed by atoms with Crippen molar-refractivity contribution in [1.29, 1.82) is 0 Å². The molecule has 0 fully saturated rings. The molecule has 0 spiro atoms. The van der Waals surface area contributed by atoms with Crippen LogP contribution in [0.15, 0.2) is 261 Å². The minimum atomic E-state index is 0.655. The summed E-state index contributed by atoms with van der Waals surface area (Å²) in [5.74, 6) is 0.655. The smallest absolute Gasteiger partial charge is 0.160 e. The van der Waals surface area contributed by atoms with Crippen molar-refractivity contribution < 1.29 is 0 Å². The van der Waals surface area contributed by atoms with Crippen LogP contribution in [-0.2, 0) is 0 Å². The van der Waals surface area contributed by atoms with Gasteiger partial charge in [0.25, 0.3) is 0 Å². The van der Waals surface area contributed by atoms with E-state index in [-0.39, 0.29) is 0 Å². The van der Waals surface area contributed by atoms with Crippen LogP contribution in [0, 0.1) is 0 Å². The van der Waals surface area contributed by atoms with Gasteiger partial charge in [0.2, 0.25) is 0 Å². The van der Waals surface area contributed by atoms with Gasteiger partial charge >= 0.3 is 0 Å². The quantitative estimate of drug-likeness (QED) is 0.152. The highest BCUT2D eigenvalue weighted by molar-refractivity contribution is 6.13. The van der Waals surface area contributed by atoms with E-state index in [1.165, 1.54) is 16.2 Å². The first-order chi connectivity index (χ1) is 37.2. The summed E-state index contributed by atoms with van der Waals surface area (Å²) in [5, 5.41) is 6.94. The highest BCUT2D eigenvalue weighted by Crippen LogP contribution is 2.41. The van der Waals surface area contributed by atoms with Crippen LogP contribution < -0.4 is 0 Å². The van der Waals surface area contributed by atoms with Crippen molar-refractivity contribution in [2.75, 3.05) is 0 Å². The summed E-state index contributed by atoms with van der Waals surface area (Å²) in [6.07, 6.45) is 3.86. The van der Waals surface area contributed by atoms with Crippen LogP contribution in [0.5, 0.6) is 0 Å². The van der Waals surface area contributed by atoms with Gasteiger partial charge in [-0.1, -0.05) is 158 Å². The van der Waals surface area contributed by atoms with Crippen molar-refractivity contribution in [3.05, 3.63) is 261 Å².